The van der Waals surface area contributed by atoms with E-state index >= 15 is 0 Å². The first-order chi connectivity index (χ1) is 9.75. The lowest BCUT2D eigenvalue weighted by atomic mass is 10.1. The normalized spacial score (nSPS) is 12.2. The summed E-state index contributed by atoms with van der Waals surface area (Å²) in [6.45, 7) is 0. The van der Waals surface area contributed by atoms with E-state index in [-0.39, 0.29) is 5.82 Å². The fraction of sp³-hybridized carbons (Fsp3) is 0.0769. The second-order valence-corrected chi connectivity index (χ2v) is 4.06. The average molecular weight is 270 g/mol. The quantitative estimate of drug-likeness (QED) is 0.774. The summed E-state index contributed by atoms with van der Waals surface area (Å²) in [4.78, 5) is 12.5. The Morgan fingerprint density at radius 2 is 2.00 bits per heavy atom. The number of aromatic nitrogens is 4. The number of carboxylic acids is 1. The summed E-state index contributed by atoms with van der Waals surface area (Å²) in [7, 11) is 0. The summed E-state index contributed by atoms with van der Waals surface area (Å²) < 4.78 is 5.15. The molecule has 7 heteroatoms. The van der Waals surface area contributed by atoms with E-state index in [1.165, 1.54) is 6.26 Å². The molecule has 0 radical (unpaired) electrons. The Labute approximate surface area is 113 Å². The van der Waals surface area contributed by atoms with Crippen molar-refractivity contribution in [1.82, 2.24) is 20.2 Å². The molecule has 2 heterocycles. The third-order valence-electron chi connectivity index (χ3n) is 2.75. The maximum atomic E-state index is 11.4. The van der Waals surface area contributed by atoms with Gasteiger partial charge in [0.15, 0.2) is 11.8 Å². The first-order valence-electron chi connectivity index (χ1n) is 5.87. The summed E-state index contributed by atoms with van der Waals surface area (Å²) in [5.74, 6) is -0.370. The maximum Gasteiger partial charge on any atom is 0.335 e. The third-order valence-corrected chi connectivity index (χ3v) is 2.75. The molecule has 1 atom stereocenters. The minimum atomic E-state index is -1.06. The minimum Gasteiger partial charge on any atom is -0.479 e. The van der Waals surface area contributed by atoms with Crippen molar-refractivity contribution in [3.05, 3.63) is 54.3 Å². The molecule has 0 aliphatic heterocycles. The van der Waals surface area contributed by atoms with E-state index < -0.39 is 12.0 Å². The van der Waals surface area contributed by atoms with Gasteiger partial charge < -0.3 is 9.52 Å². The SMILES string of the molecule is O=C(O)C(c1ccccc1)n1nnc(-c2ccco2)n1. The molecule has 1 aromatic carbocycles. The Kier molecular flexibility index (Phi) is 3.00. The van der Waals surface area contributed by atoms with Gasteiger partial charge in [-0.2, -0.15) is 0 Å². The first kappa shape index (κ1) is 12.1. The zero-order chi connectivity index (χ0) is 13.9. The number of nitrogens with zero attached hydrogens (tertiary/aromatic N) is 4. The van der Waals surface area contributed by atoms with Crippen LogP contribution in [0.3, 0.4) is 0 Å². The van der Waals surface area contributed by atoms with Crippen molar-refractivity contribution in [2.75, 3.05) is 0 Å². The summed E-state index contributed by atoms with van der Waals surface area (Å²) in [5.41, 5.74) is 0.573. The van der Waals surface area contributed by atoms with Crippen molar-refractivity contribution in [2.45, 2.75) is 6.04 Å². The molecule has 0 fully saturated rings. The molecule has 0 saturated heterocycles. The first-order valence-corrected chi connectivity index (χ1v) is 5.87. The van der Waals surface area contributed by atoms with Gasteiger partial charge in [0.2, 0.25) is 5.82 Å². The lowest BCUT2D eigenvalue weighted by Gasteiger charge is -2.10. The van der Waals surface area contributed by atoms with Crippen LogP contribution in [0.4, 0.5) is 0 Å². The van der Waals surface area contributed by atoms with Crippen molar-refractivity contribution in [2.24, 2.45) is 0 Å². The topological polar surface area (TPSA) is 94.0 Å². The van der Waals surface area contributed by atoms with Crippen molar-refractivity contribution >= 4 is 5.97 Å². The van der Waals surface area contributed by atoms with Gasteiger partial charge >= 0.3 is 5.97 Å². The number of tetrazole rings is 1. The van der Waals surface area contributed by atoms with E-state index in [9.17, 15) is 9.90 Å². The lowest BCUT2D eigenvalue weighted by Crippen LogP contribution is -2.22. The Morgan fingerprint density at radius 1 is 1.20 bits per heavy atom. The highest BCUT2D eigenvalue weighted by Crippen LogP contribution is 2.19. The molecule has 7 nitrogen and oxygen atoms in total. The van der Waals surface area contributed by atoms with Gasteiger partial charge in [-0.05, 0) is 22.9 Å². The molecular formula is C13H10N4O3. The van der Waals surface area contributed by atoms with Gasteiger partial charge in [-0.3, -0.25) is 0 Å². The van der Waals surface area contributed by atoms with Gasteiger partial charge in [0.25, 0.3) is 0 Å². The monoisotopic (exact) mass is 270 g/mol. The number of carbonyl (C=O) groups is 1. The van der Waals surface area contributed by atoms with E-state index in [0.29, 0.717) is 11.3 Å². The van der Waals surface area contributed by atoms with Crippen LogP contribution in [0.2, 0.25) is 0 Å². The predicted molar refractivity (Wildman–Crippen MR) is 67.7 cm³/mol. The number of carboxylic acid groups (broad SMARTS) is 1. The van der Waals surface area contributed by atoms with Crippen LogP contribution in [0.1, 0.15) is 11.6 Å². The van der Waals surface area contributed by atoms with Gasteiger partial charge in [-0.25, -0.2) is 4.79 Å². The number of aliphatic carboxylic acids is 1. The number of furan rings is 1. The van der Waals surface area contributed by atoms with Crippen molar-refractivity contribution < 1.29 is 14.3 Å². The fourth-order valence-electron chi connectivity index (χ4n) is 1.85. The van der Waals surface area contributed by atoms with E-state index in [1.807, 2.05) is 6.07 Å². The van der Waals surface area contributed by atoms with Crippen molar-refractivity contribution in [3.8, 4) is 11.6 Å². The highest BCUT2D eigenvalue weighted by molar-refractivity contribution is 5.75. The molecule has 1 unspecified atom stereocenters. The second kappa shape index (κ2) is 4.96. The standard InChI is InChI=1S/C13H10N4O3/c18-13(19)11(9-5-2-1-3-6-9)17-15-12(14-16-17)10-7-4-8-20-10/h1-8,11H,(H,18,19). The summed E-state index contributed by atoms with van der Waals surface area (Å²) >= 11 is 0. The van der Waals surface area contributed by atoms with Crippen LogP contribution in [0.15, 0.2) is 53.1 Å². The summed E-state index contributed by atoms with van der Waals surface area (Å²) in [6.07, 6.45) is 1.49. The Morgan fingerprint density at radius 3 is 2.65 bits per heavy atom. The molecule has 3 rings (SSSR count). The maximum absolute atomic E-state index is 11.4. The number of benzene rings is 1. The van der Waals surface area contributed by atoms with Gasteiger partial charge in [-0.15, -0.1) is 15.0 Å². The van der Waals surface area contributed by atoms with Crippen LogP contribution < -0.4 is 0 Å². The van der Waals surface area contributed by atoms with Crippen LogP contribution >= 0.6 is 0 Å². The van der Waals surface area contributed by atoms with E-state index in [1.54, 1.807) is 36.4 Å². The highest BCUT2D eigenvalue weighted by Gasteiger charge is 2.25. The van der Waals surface area contributed by atoms with Crippen LogP contribution in [0.5, 0.6) is 0 Å². The Hall–Kier alpha value is -2.96. The van der Waals surface area contributed by atoms with Crippen LogP contribution in [-0.4, -0.2) is 31.3 Å². The van der Waals surface area contributed by atoms with Crippen molar-refractivity contribution in [1.29, 1.82) is 0 Å². The fourth-order valence-corrected chi connectivity index (χ4v) is 1.85. The van der Waals surface area contributed by atoms with E-state index in [4.69, 9.17) is 4.42 Å². The smallest absolute Gasteiger partial charge is 0.335 e. The molecule has 2 aromatic heterocycles. The Bertz CT molecular complexity index is 706. The zero-order valence-corrected chi connectivity index (χ0v) is 10.2. The largest absolute Gasteiger partial charge is 0.479 e. The van der Waals surface area contributed by atoms with E-state index in [2.05, 4.69) is 15.4 Å². The molecule has 20 heavy (non-hydrogen) atoms. The predicted octanol–water partition coefficient (Wildman–Crippen LogP) is 1.61. The average Bonchev–Trinajstić information content (AvgIpc) is 3.10. The number of rotatable bonds is 4. The molecule has 0 amide bonds. The van der Waals surface area contributed by atoms with Gasteiger partial charge in [0.05, 0.1) is 6.26 Å². The molecule has 0 aliphatic rings. The molecule has 0 aliphatic carbocycles. The van der Waals surface area contributed by atoms with Crippen LogP contribution in [0.25, 0.3) is 11.6 Å². The van der Waals surface area contributed by atoms with E-state index in [0.717, 1.165) is 4.80 Å². The van der Waals surface area contributed by atoms with Gasteiger partial charge in [-0.1, -0.05) is 30.3 Å². The van der Waals surface area contributed by atoms with Gasteiger partial charge in [0, 0.05) is 0 Å². The lowest BCUT2D eigenvalue weighted by molar-refractivity contribution is -0.140. The molecule has 100 valence electrons. The Balaban J connectivity index is 1.99. The second-order valence-electron chi connectivity index (χ2n) is 4.06. The molecule has 0 spiro atoms. The molecule has 0 saturated carbocycles. The number of hydrogen-bond donors (Lipinski definition) is 1. The van der Waals surface area contributed by atoms with Crippen LogP contribution in [-0.2, 0) is 4.79 Å². The third kappa shape index (κ3) is 2.16. The minimum absolute atomic E-state index is 0.247. The highest BCUT2D eigenvalue weighted by atomic mass is 16.4. The molecular weight excluding hydrogens is 260 g/mol. The van der Waals surface area contributed by atoms with Crippen molar-refractivity contribution in [3.63, 3.8) is 0 Å². The number of hydrogen-bond acceptors (Lipinski definition) is 5. The zero-order valence-electron chi connectivity index (χ0n) is 10.2. The summed E-state index contributed by atoms with van der Waals surface area (Å²) in [5, 5.41) is 21.1. The van der Waals surface area contributed by atoms with Crippen LogP contribution in [0, 0.1) is 0 Å². The molecule has 3 aromatic rings. The molecule has 0 bridgehead atoms. The molecule has 1 N–H and O–H groups in total. The van der Waals surface area contributed by atoms with Gasteiger partial charge in [0.1, 0.15) is 0 Å². The summed E-state index contributed by atoms with van der Waals surface area (Å²) in [6, 6.07) is 11.1.